The van der Waals surface area contributed by atoms with Gasteiger partial charge in [0.15, 0.2) is 0 Å². The van der Waals surface area contributed by atoms with Crippen molar-refractivity contribution in [3.8, 4) is 5.75 Å². The quantitative estimate of drug-likeness (QED) is 0.858. The molecule has 1 saturated heterocycles. The largest absolute Gasteiger partial charge is 0.490 e. The van der Waals surface area contributed by atoms with Gasteiger partial charge < -0.3 is 4.74 Å². The van der Waals surface area contributed by atoms with E-state index in [1.807, 2.05) is 6.07 Å². The van der Waals surface area contributed by atoms with Crippen molar-refractivity contribution in [2.75, 3.05) is 13.7 Å². The van der Waals surface area contributed by atoms with Crippen molar-refractivity contribution in [1.29, 1.82) is 0 Å². The highest BCUT2D eigenvalue weighted by Crippen LogP contribution is 2.41. The van der Waals surface area contributed by atoms with Gasteiger partial charge in [0.05, 0.1) is 6.20 Å². The molecule has 1 aliphatic carbocycles. The molecule has 0 amide bonds. The normalized spacial score (nSPS) is 32.0. The second kappa shape index (κ2) is 4.58. The maximum atomic E-state index is 5.86. The lowest BCUT2D eigenvalue weighted by Crippen LogP contribution is -2.41. The number of piperidine rings is 1. The minimum atomic E-state index is 0.590. The van der Waals surface area contributed by atoms with Crippen LogP contribution in [0.3, 0.4) is 0 Å². The second-order valence-electron chi connectivity index (χ2n) is 5.11. The van der Waals surface area contributed by atoms with E-state index >= 15 is 0 Å². The molecule has 0 unspecified atom stereocenters. The lowest BCUT2D eigenvalue weighted by atomic mass is 10.00. The van der Waals surface area contributed by atoms with Gasteiger partial charge >= 0.3 is 0 Å². The Morgan fingerprint density at radius 3 is 3.06 bits per heavy atom. The van der Waals surface area contributed by atoms with Gasteiger partial charge in [-0.2, -0.15) is 0 Å². The molecular weight excluding hydrogens is 280 g/mol. The molecule has 2 heterocycles. The second-order valence-corrected chi connectivity index (χ2v) is 6.03. The molecule has 3 rings (SSSR count). The molecule has 3 nitrogen and oxygen atoms in total. The average molecular weight is 297 g/mol. The summed E-state index contributed by atoms with van der Waals surface area (Å²) in [5.74, 6) is 1.70. The first-order valence-corrected chi connectivity index (χ1v) is 6.98. The number of ether oxygens (including phenoxy) is 1. The summed E-state index contributed by atoms with van der Waals surface area (Å²) in [6.45, 7) is 0.788. The van der Waals surface area contributed by atoms with E-state index in [1.54, 1.807) is 12.4 Å². The van der Waals surface area contributed by atoms with Gasteiger partial charge in [-0.05, 0) is 54.2 Å². The SMILES string of the molecule is CN1[C@@H]2CC[C@@H](C2)[C@@H]1COc1cncc(Br)c1. The summed E-state index contributed by atoms with van der Waals surface area (Å²) < 4.78 is 6.83. The van der Waals surface area contributed by atoms with Crippen molar-refractivity contribution >= 4 is 15.9 Å². The van der Waals surface area contributed by atoms with Gasteiger partial charge in [0, 0.05) is 22.8 Å². The fourth-order valence-corrected chi connectivity index (χ4v) is 3.56. The highest BCUT2D eigenvalue weighted by atomic mass is 79.9. The number of likely N-dealkylation sites (tertiary alicyclic amines) is 1. The van der Waals surface area contributed by atoms with Crippen LogP contribution >= 0.6 is 15.9 Å². The molecule has 0 spiro atoms. The van der Waals surface area contributed by atoms with Gasteiger partial charge in [0.25, 0.3) is 0 Å². The van der Waals surface area contributed by atoms with Gasteiger partial charge in [0.2, 0.25) is 0 Å². The van der Waals surface area contributed by atoms with Crippen LogP contribution < -0.4 is 4.74 Å². The third kappa shape index (κ3) is 2.20. The number of hydrogen-bond donors (Lipinski definition) is 0. The highest BCUT2D eigenvalue weighted by molar-refractivity contribution is 9.10. The first-order valence-electron chi connectivity index (χ1n) is 6.19. The zero-order valence-electron chi connectivity index (χ0n) is 9.97. The van der Waals surface area contributed by atoms with Crippen molar-refractivity contribution in [3.05, 3.63) is 22.9 Å². The molecular formula is C13H17BrN2O. The number of aromatic nitrogens is 1. The number of likely N-dealkylation sites (N-methyl/N-ethyl adjacent to an activating group) is 1. The van der Waals surface area contributed by atoms with E-state index in [-0.39, 0.29) is 0 Å². The van der Waals surface area contributed by atoms with Crippen molar-refractivity contribution in [1.82, 2.24) is 9.88 Å². The molecule has 17 heavy (non-hydrogen) atoms. The molecule has 2 bridgehead atoms. The van der Waals surface area contributed by atoms with E-state index in [0.29, 0.717) is 6.04 Å². The molecule has 1 aromatic rings. The zero-order chi connectivity index (χ0) is 11.8. The van der Waals surface area contributed by atoms with Crippen molar-refractivity contribution in [2.24, 2.45) is 5.92 Å². The van der Waals surface area contributed by atoms with Crippen molar-refractivity contribution in [2.45, 2.75) is 31.3 Å². The Kier molecular flexibility index (Phi) is 3.09. The molecule has 92 valence electrons. The van der Waals surface area contributed by atoms with Crippen LogP contribution in [0.1, 0.15) is 19.3 Å². The Bertz CT molecular complexity index is 410. The van der Waals surface area contributed by atoms with Crippen LogP contribution in [-0.2, 0) is 0 Å². The molecule has 0 aromatic carbocycles. The Balaban J connectivity index is 1.61. The third-order valence-electron chi connectivity index (χ3n) is 4.19. The van der Waals surface area contributed by atoms with Gasteiger partial charge in [-0.3, -0.25) is 9.88 Å². The number of rotatable bonds is 3. The lowest BCUT2D eigenvalue weighted by Gasteiger charge is -2.31. The number of pyridine rings is 1. The molecule has 1 aromatic heterocycles. The smallest absolute Gasteiger partial charge is 0.138 e. The summed E-state index contributed by atoms with van der Waals surface area (Å²) in [4.78, 5) is 6.61. The molecule has 2 fully saturated rings. The van der Waals surface area contributed by atoms with Crippen LogP contribution in [0, 0.1) is 5.92 Å². The highest BCUT2D eigenvalue weighted by Gasteiger charge is 2.43. The zero-order valence-corrected chi connectivity index (χ0v) is 11.6. The minimum absolute atomic E-state index is 0.590. The van der Waals surface area contributed by atoms with Crippen molar-refractivity contribution in [3.63, 3.8) is 0 Å². The summed E-state index contributed by atoms with van der Waals surface area (Å²) in [6.07, 6.45) is 7.66. The van der Waals surface area contributed by atoms with Crippen LogP contribution in [0.15, 0.2) is 22.9 Å². The van der Waals surface area contributed by atoms with Gasteiger partial charge in [-0.15, -0.1) is 0 Å². The van der Waals surface area contributed by atoms with E-state index < -0.39 is 0 Å². The maximum absolute atomic E-state index is 5.86. The topological polar surface area (TPSA) is 25.4 Å². The number of halogens is 1. The number of hydrogen-bond acceptors (Lipinski definition) is 3. The summed E-state index contributed by atoms with van der Waals surface area (Å²) in [5.41, 5.74) is 0. The first-order chi connectivity index (χ1) is 8.24. The standard InChI is InChI=1S/C13H17BrN2O/c1-16-11-3-2-9(4-11)13(16)8-17-12-5-10(14)6-15-7-12/h5-7,9,11,13H,2-4,8H2,1H3/t9-,11+,13-/m0/s1. The van der Waals surface area contributed by atoms with Crippen LogP contribution in [0.5, 0.6) is 5.75 Å². The molecule has 4 heteroatoms. The van der Waals surface area contributed by atoms with E-state index in [4.69, 9.17) is 4.74 Å². The van der Waals surface area contributed by atoms with Crippen LogP contribution in [-0.4, -0.2) is 35.6 Å². The molecule has 0 N–H and O–H groups in total. The molecule has 3 atom stereocenters. The Morgan fingerprint density at radius 1 is 1.47 bits per heavy atom. The monoisotopic (exact) mass is 296 g/mol. The summed E-state index contributed by atoms with van der Waals surface area (Å²) >= 11 is 3.41. The fourth-order valence-electron chi connectivity index (χ4n) is 3.22. The van der Waals surface area contributed by atoms with E-state index in [0.717, 1.165) is 28.8 Å². The summed E-state index contributed by atoms with van der Waals surface area (Å²) in [6, 6.07) is 3.36. The first kappa shape index (κ1) is 11.5. The van der Waals surface area contributed by atoms with Crippen LogP contribution in [0.2, 0.25) is 0 Å². The Morgan fingerprint density at radius 2 is 2.35 bits per heavy atom. The average Bonchev–Trinajstić information content (AvgIpc) is 2.88. The van der Waals surface area contributed by atoms with Crippen LogP contribution in [0.4, 0.5) is 0 Å². The van der Waals surface area contributed by atoms with E-state index in [1.165, 1.54) is 19.3 Å². The predicted molar refractivity (Wildman–Crippen MR) is 70.1 cm³/mol. The molecule has 0 radical (unpaired) electrons. The van der Waals surface area contributed by atoms with Gasteiger partial charge in [-0.1, -0.05) is 0 Å². The third-order valence-corrected chi connectivity index (χ3v) is 4.62. The van der Waals surface area contributed by atoms with Gasteiger partial charge in [-0.25, -0.2) is 0 Å². The van der Waals surface area contributed by atoms with E-state index in [9.17, 15) is 0 Å². The summed E-state index contributed by atoms with van der Waals surface area (Å²) in [5, 5.41) is 0. The molecule has 2 aliphatic rings. The van der Waals surface area contributed by atoms with Crippen molar-refractivity contribution < 1.29 is 4.74 Å². The summed E-state index contributed by atoms with van der Waals surface area (Å²) in [7, 11) is 2.23. The lowest BCUT2D eigenvalue weighted by molar-refractivity contribution is 0.118. The van der Waals surface area contributed by atoms with Crippen LogP contribution in [0.25, 0.3) is 0 Å². The van der Waals surface area contributed by atoms with Gasteiger partial charge in [0.1, 0.15) is 12.4 Å². The predicted octanol–water partition coefficient (Wildman–Crippen LogP) is 2.71. The van der Waals surface area contributed by atoms with E-state index in [2.05, 4.69) is 32.9 Å². The number of fused-ring (bicyclic) bond motifs is 2. The maximum Gasteiger partial charge on any atom is 0.138 e. The number of nitrogens with zero attached hydrogens (tertiary/aromatic N) is 2. The minimum Gasteiger partial charge on any atom is -0.490 e. The molecule has 1 saturated carbocycles. The Labute approximate surface area is 110 Å². The molecule has 1 aliphatic heterocycles. The Hall–Kier alpha value is -0.610. The fraction of sp³-hybridized carbons (Fsp3) is 0.615.